The van der Waals surface area contributed by atoms with Crippen molar-refractivity contribution in [3.05, 3.63) is 0 Å². The minimum absolute atomic E-state index is 0.135. The summed E-state index contributed by atoms with van der Waals surface area (Å²) in [6, 6.07) is 0.135. The summed E-state index contributed by atoms with van der Waals surface area (Å²) < 4.78 is 0. The highest BCUT2D eigenvalue weighted by Crippen LogP contribution is 1.97. The highest BCUT2D eigenvalue weighted by molar-refractivity contribution is 6.18. The Hall–Kier alpha value is 0.540. The standard InChI is InChI=1S/C5H11Cl2N/c6-3-1-2-5(8)4-7/h5H,1-4,8H2. The number of halogens is 2. The third-order valence-corrected chi connectivity index (χ3v) is 1.57. The van der Waals surface area contributed by atoms with Crippen LogP contribution in [0, 0.1) is 0 Å². The predicted octanol–water partition coefficient (Wildman–Crippen LogP) is 1.57. The lowest BCUT2D eigenvalue weighted by atomic mass is 10.2. The molecule has 0 aliphatic rings. The highest BCUT2D eigenvalue weighted by atomic mass is 35.5. The molecule has 3 heteroatoms. The molecule has 1 nitrogen and oxygen atoms in total. The highest BCUT2D eigenvalue weighted by Gasteiger charge is 1.96. The van der Waals surface area contributed by atoms with Crippen LogP contribution in [0.3, 0.4) is 0 Å². The van der Waals surface area contributed by atoms with Gasteiger partial charge in [0.1, 0.15) is 0 Å². The van der Waals surface area contributed by atoms with Gasteiger partial charge in [-0.2, -0.15) is 0 Å². The van der Waals surface area contributed by atoms with Crippen molar-refractivity contribution in [1.29, 1.82) is 0 Å². The van der Waals surface area contributed by atoms with Crippen molar-refractivity contribution >= 4 is 23.2 Å². The maximum Gasteiger partial charge on any atom is 0.0375 e. The van der Waals surface area contributed by atoms with Crippen molar-refractivity contribution in [2.75, 3.05) is 11.8 Å². The zero-order chi connectivity index (χ0) is 6.41. The zero-order valence-electron chi connectivity index (χ0n) is 4.74. The van der Waals surface area contributed by atoms with Crippen LogP contribution in [0.25, 0.3) is 0 Å². The molecule has 0 heterocycles. The summed E-state index contributed by atoms with van der Waals surface area (Å²) in [7, 11) is 0. The first-order chi connectivity index (χ1) is 3.81. The predicted molar refractivity (Wildman–Crippen MR) is 38.6 cm³/mol. The molecular formula is C5H11Cl2N. The average molecular weight is 156 g/mol. The van der Waals surface area contributed by atoms with E-state index in [0.717, 1.165) is 12.8 Å². The second-order valence-corrected chi connectivity index (χ2v) is 2.43. The average Bonchev–Trinajstić information content (AvgIpc) is 1.83. The van der Waals surface area contributed by atoms with Crippen LogP contribution in [0.4, 0.5) is 0 Å². The Morgan fingerprint density at radius 1 is 1.38 bits per heavy atom. The van der Waals surface area contributed by atoms with Gasteiger partial charge in [0.05, 0.1) is 0 Å². The molecule has 0 saturated carbocycles. The molecule has 0 rings (SSSR count). The first-order valence-corrected chi connectivity index (χ1v) is 3.75. The van der Waals surface area contributed by atoms with Crippen LogP contribution in [0.1, 0.15) is 12.8 Å². The minimum Gasteiger partial charge on any atom is -0.327 e. The number of hydrogen-bond donors (Lipinski definition) is 1. The molecule has 0 aliphatic heterocycles. The second kappa shape index (κ2) is 5.67. The summed E-state index contributed by atoms with van der Waals surface area (Å²) in [5, 5.41) is 0. The van der Waals surface area contributed by atoms with Gasteiger partial charge in [0, 0.05) is 17.8 Å². The zero-order valence-corrected chi connectivity index (χ0v) is 6.25. The van der Waals surface area contributed by atoms with Crippen LogP contribution in [-0.2, 0) is 0 Å². The van der Waals surface area contributed by atoms with Gasteiger partial charge in [-0.25, -0.2) is 0 Å². The molecule has 0 amide bonds. The van der Waals surface area contributed by atoms with Crippen LogP contribution in [0.2, 0.25) is 0 Å². The minimum atomic E-state index is 0.135. The summed E-state index contributed by atoms with van der Waals surface area (Å²) in [6.07, 6.45) is 1.91. The first kappa shape index (κ1) is 8.54. The van der Waals surface area contributed by atoms with Crippen molar-refractivity contribution < 1.29 is 0 Å². The van der Waals surface area contributed by atoms with Gasteiger partial charge in [-0.1, -0.05) is 0 Å². The van der Waals surface area contributed by atoms with E-state index in [1.165, 1.54) is 0 Å². The molecule has 0 aromatic carbocycles. The second-order valence-electron chi connectivity index (χ2n) is 1.75. The molecule has 0 fully saturated rings. The largest absolute Gasteiger partial charge is 0.327 e. The number of hydrogen-bond acceptors (Lipinski definition) is 1. The van der Waals surface area contributed by atoms with E-state index < -0.39 is 0 Å². The fourth-order valence-corrected chi connectivity index (χ4v) is 0.725. The fourth-order valence-electron chi connectivity index (χ4n) is 0.416. The smallest absolute Gasteiger partial charge is 0.0375 e. The van der Waals surface area contributed by atoms with E-state index in [0.29, 0.717) is 11.8 Å². The summed E-state index contributed by atoms with van der Waals surface area (Å²) in [6.45, 7) is 0. The van der Waals surface area contributed by atoms with Gasteiger partial charge in [-0.3, -0.25) is 0 Å². The lowest BCUT2D eigenvalue weighted by molar-refractivity contribution is 0.660. The maximum atomic E-state index is 5.47. The molecule has 0 saturated heterocycles. The molecule has 1 atom stereocenters. The Bertz CT molecular complexity index is 49.7. The van der Waals surface area contributed by atoms with Gasteiger partial charge in [0.15, 0.2) is 0 Å². The topological polar surface area (TPSA) is 26.0 Å². The molecule has 50 valence electrons. The molecule has 2 N–H and O–H groups in total. The molecule has 0 aromatic rings. The molecule has 0 radical (unpaired) electrons. The molecule has 0 aliphatic carbocycles. The van der Waals surface area contributed by atoms with Crippen molar-refractivity contribution in [2.45, 2.75) is 18.9 Å². The van der Waals surface area contributed by atoms with Crippen molar-refractivity contribution in [2.24, 2.45) is 5.73 Å². The number of nitrogens with two attached hydrogens (primary N) is 1. The lowest BCUT2D eigenvalue weighted by Crippen LogP contribution is -2.21. The van der Waals surface area contributed by atoms with E-state index in [4.69, 9.17) is 28.9 Å². The molecule has 0 spiro atoms. The summed E-state index contributed by atoms with van der Waals surface area (Å²) in [4.78, 5) is 0. The number of alkyl halides is 2. The van der Waals surface area contributed by atoms with Crippen molar-refractivity contribution in [3.8, 4) is 0 Å². The number of rotatable bonds is 4. The monoisotopic (exact) mass is 155 g/mol. The van der Waals surface area contributed by atoms with E-state index in [1.54, 1.807) is 0 Å². The maximum absolute atomic E-state index is 5.47. The first-order valence-electron chi connectivity index (χ1n) is 2.68. The van der Waals surface area contributed by atoms with E-state index in [-0.39, 0.29) is 6.04 Å². The van der Waals surface area contributed by atoms with Gasteiger partial charge in [-0.05, 0) is 12.8 Å². The van der Waals surface area contributed by atoms with Gasteiger partial charge < -0.3 is 5.73 Å². The molecule has 8 heavy (non-hydrogen) atoms. The molecule has 0 bridgehead atoms. The molecular weight excluding hydrogens is 145 g/mol. The normalized spacial score (nSPS) is 13.9. The summed E-state index contributed by atoms with van der Waals surface area (Å²) in [5.74, 6) is 1.22. The van der Waals surface area contributed by atoms with Gasteiger partial charge in [-0.15, -0.1) is 23.2 Å². The van der Waals surface area contributed by atoms with Crippen LogP contribution >= 0.6 is 23.2 Å². The molecule has 1 unspecified atom stereocenters. The van der Waals surface area contributed by atoms with Crippen molar-refractivity contribution in [3.63, 3.8) is 0 Å². The van der Waals surface area contributed by atoms with E-state index in [2.05, 4.69) is 0 Å². The van der Waals surface area contributed by atoms with Gasteiger partial charge in [0.25, 0.3) is 0 Å². The SMILES string of the molecule is NC(CCl)CCCCl. The Balaban J connectivity index is 2.86. The summed E-state index contributed by atoms with van der Waals surface area (Å²) in [5.41, 5.74) is 5.47. The van der Waals surface area contributed by atoms with Crippen LogP contribution in [-0.4, -0.2) is 17.8 Å². The third kappa shape index (κ3) is 4.69. The van der Waals surface area contributed by atoms with Crippen LogP contribution in [0.15, 0.2) is 0 Å². The quantitative estimate of drug-likeness (QED) is 0.614. The van der Waals surface area contributed by atoms with E-state index in [9.17, 15) is 0 Å². The Labute approximate surface area is 60.1 Å². The molecule has 0 aromatic heterocycles. The Kier molecular flexibility index (Phi) is 6.06. The Morgan fingerprint density at radius 3 is 2.38 bits per heavy atom. The van der Waals surface area contributed by atoms with Gasteiger partial charge in [0.2, 0.25) is 0 Å². The van der Waals surface area contributed by atoms with E-state index >= 15 is 0 Å². The van der Waals surface area contributed by atoms with Gasteiger partial charge >= 0.3 is 0 Å². The Morgan fingerprint density at radius 2 is 2.00 bits per heavy atom. The van der Waals surface area contributed by atoms with Crippen LogP contribution in [0.5, 0.6) is 0 Å². The fraction of sp³-hybridized carbons (Fsp3) is 1.00. The van der Waals surface area contributed by atoms with E-state index in [1.807, 2.05) is 0 Å². The summed E-state index contributed by atoms with van der Waals surface area (Å²) >= 11 is 10.8. The lowest BCUT2D eigenvalue weighted by Gasteiger charge is -2.03. The van der Waals surface area contributed by atoms with Crippen molar-refractivity contribution in [1.82, 2.24) is 0 Å². The van der Waals surface area contributed by atoms with Crippen LogP contribution < -0.4 is 5.73 Å². The third-order valence-electron chi connectivity index (χ3n) is 0.907.